The summed E-state index contributed by atoms with van der Waals surface area (Å²) in [5.41, 5.74) is 1.90. The van der Waals surface area contributed by atoms with Crippen molar-refractivity contribution in [3.63, 3.8) is 0 Å². The first-order valence-corrected chi connectivity index (χ1v) is 10.3. The van der Waals surface area contributed by atoms with E-state index < -0.39 is 10.0 Å². The molecule has 0 spiro atoms. The van der Waals surface area contributed by atoms with E-state index in [0.717, 1.165) is 17.7 Å². The van der Waals surface area contributed by atoms with E-state index in [1.54, 1.807) is 11.1 Å². The summed E-state index contributed by atoms with van der Waals surface area (Å²) in [4.78, 5) is 17.5. The van der Waals surface area contributed by atoms with Crippen LogP contribution >= 0.6 is 0 Å². The predicted octanol–water partition coefficient (Wildman–Crippen LogP) is 1.98. The molecule has 2 rings (SSSR count). The van der Waals surface area contributed by atoms with Crippen LogP contribution in [0.5, 0.6) is 0 Å². The third-order valence-electron chi connectivity index (χ3n) is 3.95. The Morgan fingerprint density at radius 3 is 2.50 bits per heavy atom. The molecule has 0 saturated carbocycles. The lowest BCUT2D eigenvalue weighted by atomic mass is 10.1. The maximum absolute atomic E-state index is 12.1. The number of aryl methyl sites for hydroxylation is 1. The number of pyridine rings is 1. The van der Waals surface area contributed by atoms with E-state index >= 15 is 0 Å². The van der Waals surface area contributed by atoms with E-state index in [0.29, 0.717) is 19.5 Å². The number of aromatic nitrogens is 1. The second kappa shape index (κ2) is 10.0. The molecule has 0 saturated heterocycles. The number of benzene rings is 1. The third-order valence-corrected chi connectivity index (χ3v) is 5.42. The van der Waals surface area contributed by atoms with Gasteiger partial charge in [0.2, 0.25) is 15.9 Å². The topological polar surface area (TPSA) is 79.4 Å². The van der Waals surface area contributed by atoms with Gasteiger partial charge in [0.15, 0.2) is 0 Å². The van der Waals surface area contributed by atoms with Gasteiger partial charge in [-0.1, -0.05) is 36.4 Å². The molecule has 0 atom stereocenters. The van der Waals surface area contributed by atoms with Gasteiger partial charge in [-0.3, -0.25) is 9.78 Å². The molecule has 1 aromatic carbocycles. The first-order valence-electron chi connectivity index (χ1n) is 8.63. The van der Waals surface area contributed by atoms with Gasteiger partial charge in [0.1, 0.15) is 0 Å². The average Bonchev–Trinajstić information content (AvgIpc) is 2.62. The monoisotopic (exact) mass is 375 g/mol. The van der Waals surface area contributed by atoms with Crippen molar-refractivity contribution in [2.45, 2.75) is 26.3 Å². The molecule has 140 valence electrons. The fourth-order valence-electron chi connectivity index (χ4n) is 2.55. The van der Waals surface area contributed by atoms with Crippen molar-refractivity contribution < 1.29 is 13.2 Å². The van der Waals surface area contributed by atoms with Gasteiger partial charge < -0.3 is 4.90 Å². The minimum Gasteiger partial charge on any atom is -0.336 e. The predicted molar refractivity (Wildman–Crippen MR) is 102 cm³/mol. The average molecular weight is 375 g/mol. The van der Waals surface area contributed by atoms with E-state index in [1.807, 2.05) is 48.5 Å². The maximum Gasteiger partial charge on any atom is 0.219 e. The Kier molecular flexibility index (Phi) is 7.74. The fourth-order valence-corrected chi connectivity index (χ4v) is 3.63. The maximum atomic E-state index is 12.1. The summed E-state index contributed by atoms with van der Waals surface area (Å²) in [6.45, 7) is 2.34. The van der Waals surface area contributed by atoms with Gasteiger partial charge in [-0.25, -0.2) is 13.1 Å². The second-order valence-electron chi connectivity index (χ2n) is 6.06. The van der Waals surface area contributed by atoms with Crippen molar-refractivity contribution in [2.75, 3.05) is 18.8 Å². The van der Waals surface area contributed by atoms with Gasteiger partial charge in [-0.2, -0.15) is 0 Å². The van der Waals surface area contributed by atoms with Crippen molar-refractivity contribution in [3.05, 3.63) is 66.0 Å². The van der Waals surface area contributed by atoms with Crippen LogP contribution in [0, 0.1) is 0 Å². The largest absolute Gasteiger partial charge is 0.336 e. The lowest BCUT2D eigenvalue weighted by Crippen LogP contribution is -2.38. The van der Waals surface area contributed by atoms with Crippen LogP contribution in [0.15, 0.2) is 54.7 Å². The van der Waals surface area contributed by atoms with Gasteiger partial charge in [-0.05, 0) is 30.5 Å². The van der Waals surface area contributed by atoms with Gasteiger partial charge in [0.05, 0.1) is 18.0 Å². The lowest BCUT2D eigenvalue weighted by molar-refractivity contribution is -0.129. The Bertz CT molecular complexity index is 780. The van der Waals surface area contributed by atoms with E-state index in [4.69, 9.17) is 0 Å². The molecule has 1 N–H and O–H groups in total. The van der Waals surface area contributed by atoms with Crippen LogP contribution in [0.3, 0.4) is 0 Å². The number of carbonyl (C=O) groups excluding carboxylic acids is 1. The Labute approximate surface area is 155 Å². The lowest BCUT2D eigenvalue weighted by Gasteiger charge is -2.20. The molecule has 0 radical (unpaired) electrons. The minimum atomic E-state index is -3.35. The molecule has 26 heavy (non-hydrogen) atoms. The summed E-state index contributed by atoms with van der Waals surface area (Å²) in [7, 11) is -3.35. The number of amides is 1. The van der Waals surface area contributed by atoms with Gasteiger partial charge in [0, 0.05) is 26.2 Å². The van der Waals surface area contributed by atoms with Crippen molar-refractivity contribution in [1.82, 2.24) is 14.6 Å². The number of nitrogens with zero attached hydrogens (tertiary/aromatic N) is 2. The number of nitrogens with one attached hydrogen (secondary N) is 1. The van der Waals surface area contributed by atoms with E-state index in [1.165, 1.54) is 6.92 Å². The summed E-state index contributed by atoms with van der Waals surface area (Å²) in [6.07, 6.45) is 2.95. The Balaban J connectivity index is 1.75. The number of sulfonamides is 1. The Morgan fingerprint density at radius 1 is 1.12 bits per heavy atom. The highest BCUT2D eigenvalue weighted by Gasteiger charge is 2.13. The molecule has 2 aromatic rings. The molecule has 7 heteroatoms. The van der Waals surface area contributed by atoms with Crippen molar-refractivity contribution >= 4 is 15.9 Å². The van der Waals surface area contributed by atoms with Gasteiger partial charge in [-0.15, -0.1) is 0 Å². The van der Waals surface area contributed by atoms with Crippen LogP contribution < -0.4 is 4.72 Å². The van der Waals surface area contributed by atoms with Gasteiger partial charge >= 0.3 is 0 Å². The van der Waals surface area contributed by atoms with E-state index in [9.17, 15) is 13.2 Å². The Hall–Kier alpha value is -2.25. The zero-order valence-corrected chi connectivity index (χ0v) is 15.8. The molecule has 0 fully saturated rings. The van der Waals surface area contributed by atoms with Crippen LogP contribution in [0.1, 0.15) is 24.6 Å². The van der Waals surface area contributed by atoms with Crippen molar-refractivity contribution in [1.29, 1.82) is 0 Å². The SMILES string of the molecule is CC(=O)N(CCNS(=O)(=O)CCCc1ccccc1)Cc1ccccn1. The smallest absolute Gasteiger partial charge is 0.219 e. The number of rotatable bonds is 10. The number of hydrogen-bond acceptors (Lipinski definition) is 4. The van der Waals surface area contributed by atoms with Crippen LogP contribution in [0.25, 0.3) is 0 Å². The molecule has 0 aliphatic rings. The minimum absolute atomic E-state index is 0.0716. The Morgan fingerprint density at radius 2 is 1.85 bits per heavy atom. The van der Waals surface area contributed by atoms with Crippen LogP contribution in [-0.4, -0.2) is 43.1 Å². The third kappa shape index (κ3) is 7.33. The van der Waals surface area contributed by atoms with Crippen LogP contribution in [0.4, 0.5) is 0 Å². The molecular formula is C19H25N3O3S. The molecule has 0 aliphatic heterocycles. The molecule has 6 nitrogen and oxygen atoms in total. The standard InChI is InChI=1S/C19H25N3O3S/c1-17(23)22(16-19-11-5-6-12-20-19)14-13-21-26(24,25)15-7-10-18-8-3-2-4-9-18/h2-6,8-9,11-12,21H,7,10,13-16H2,1H3. The van der Waals surface area contributed by atoms with E-state index in [-0.39, 0.29) is 18.2 Å². The first kappa shape index (κ1) is 20.1. The van der Waals surface area contributed by atoms with E-state index in [2.05, 4.69) is 9.71 Å². The number of carbonyl (C=O) groups is 1. The summed E-state index contributed by atoms with van der Waals surface area (Å²) < 4.78 is 26.8. The molecule has 0 unspecified atom stereocenters. The summed E-state index contributed by atoms with van der Waals surface area (Å²) in [5.74, 6) is -0.0405. The molecule has 0 bridgehead atoms. The number of hydrogen-bond donors (Lipinski definition) is 1. The molecule has 1 aromatic heterocycles. The molecule has 1 heterocycles. The van der Waals surface area contributed by atoms with Crippen LogP contribution in [-0.2, 0) is 27.8 Å². The molecule has 1 amide bonds. The second-order valence-corrected chi connectivity index (χ2v) is 7.99. The quantitative estimate of drug-likeness (QED) is 0.689. The van der Waals surface area contributed by atoms with Gasteiger partial charge in [0.25, 0.3) is 0 Å². The highest BCUT2D eigenvalue weighted by Crippen LogP contribution is 2.04. The van der Waals surface area contributed by atoms with Crippen molar-refractivity contribution in [2.24, 2.45) is 0 Å². The highest BCUT2D eigenvalue weighted by atomic mass is 32.2. The summed E-state index contributed by atoms with van der Waals surface area (Å²) in [6, 6.07) is 15.3. The molecular weight excluding hydrogens is 350 g/mol. The normalized spacial score (nSPS) is 11.3. The molecule has 0 aliphatic carbocycles. The zero-order valence-electron chi connectivity index (χ0n) is 15.0. The fraction of sp³-hybridized carbons (Fsp3) is 0.368. The highest BCUT2D eigenvalue weighted by molar-refractivity contribution is 7.89. The zero-order chi connectivity index (χ0) is 18.8. The van der Waals surface area contributed by atoms with Crippen molar-refractivity contribution in [3.8, 4) is 0 Å². The van der Waals surface area contributed by atoms with Crippen LogP contribution in [0.2, 0.25) is 0 Å². The first-order chi connectivity index (χ1) is 12.5. The summed E-state index contributed by atoms with van der Waals surface area (Å²) in [5, 5.41) is 0. The summed E-state index contributed by atoms with van der Waals surface area (Å²) >= 11 is 0.